The van der Waals surface area contributed by atoms with E-state index in [0.717, 1.165) is 9.87 Å². The molecule has 1 amide bonds. The fourth-order valence-electron chi connectivity index (χ4n) is 2.06. The Morgan fingerprint density at radius 1 is 1.00 bits per heavy atom. The maximum absolute atomic E-state index is 12.3. The van der Waals surface area contributed by atoms with Crippen LogP contribution in [0.1, 0.15) is 18.4 Å². The number of hydrogen-bond donors (Lipinski definition) is 1. The largest absolute Gasteiger partial charge is 0.326 e. The Labute approximate surface area is 137 Å². The van der Waals surface area contributed by atoms with Crippen molar-refractivity contribution < 1.29 is 13.2 Å². The van der Waals surface area contributed by atoms with Crippen LogP contribution in [-0.2, 0) is 14.8 Å². The number of nitrogens with one attached hydrogen (secondary N) is 1. The molecule has 2 aromatic rings. The zero-order chi connectivity index (χ0) is 17.0. The van der Waals surface area contributed by atoms with Crippen molar-refractivity contribution in [1.82, 2.24) is 4.31 Å². The normalized spacial score (nSPS) is 12.9. The van der Waals surface area contributed by atoms with E-state index in [4.69, 9.17) is 0 Å². The third kappa shape index (κ3) is 3.97. The van der Waals surface area contributed by atoms with Gasteiger partial charge in [-0.2, -0.15) is 0 Å². The van der Waals surface area contributed by atoms with Crippen molar-refractivity contribution >= 4 is 21.6 Å². The number of carbonyl (C=O) groups excluding carboxylic acids is 1. The van der Waals surface area contributed by atoms with Crippen molar-refractivity contribution in [3.63, 3.8) is 0 Å². The zero-order valence-electron chi connectivity index (χ0n) is 13.4. The first-order chi connectivity index (χ1) is 10.8. The molecule has 2 aromatic carbocycles. The molecule has 1 N–H and O–H groups in total. The summed E-state index contributed by atoms with van der Waals surface area (Å²) in [4.78, 5) is 12.5. The molecular weight excluding hydrogens is 312 g/mol. The van der Waals surface area contributed by atoms with Gasteiger partial charge >= 0.3 is 0 Å². The Hall–Kier alpha value is -2.18. The van der Waals surface area contributed by atoms with Crippen molar-refractivity contribution in [2.75, 3.05) is 19.4 Å². The molecule has 0 spiro atoms. The van der Waals surface area contributed by atoms with Crippen molar-refractivity contribution in [2.24, 2.45) is 0 Å². The fourth-order valence-corrected chi connectivity index (χ4v) is 2.97. The summed E-state index contributed by atoms with van der Waals surface area (Å²) in [6, 6.07) is 15.6. The first kappa shape index (κ1) is 17.2. The third-order valence-electron chi connectivity index (χ3n) is 3.59. The maximum Gasteiger partial charge on any atom is 0.242 e. The summed E-state index contributed by atoms with van der Waals surface area (Å²) < 4.78 is 25.1. The lowest BCUT2D eigenvalue weighted by Gasteiger charge is -2.14. The molecule has 2 rings (SSSR count). The number of anilines is 1. The summed E-state index contributed by atoms with van der Waals surface area (Å²) >= 11 is 0. The number of rotatable bonds is 5. The number of amides is 1. The van der Waals surface area contributed by atoms with Crippen LogP contribution in [0.5, 0.6) is 0 Å². The van der Waals surface area contributed by atoms with Crippen LogP contribution in [0, 0.1) is 0 Å². The quantitative estimate of drug-likeness (QED) is 0.915. The monoisotopic (exact) mass is 332 g/mol. The minimum atomic E-state index is -3.46. The summed E-state index contributed by atoms with van der Waals surface area (Å²) in [5.41, 5.74) is 1.49. The number of sulfonamides is 1. The average molecular weight is 332 g/mol. The Morgan fingerprint density at radius 2 is 1.57 bits per heavy atom. The predicted octanol–water partition coefficient (Wildman–Crippen LogP) is 2.68. The molecule has 122 valence electrons. The molecule has 0 aliphatic heterocycles. The minimum Gasteiger partial charge on any atom is -0.326 e. The summed E-state index contributed by atoms with van der Waals surface area (Å²) in [7, 11) is -0.503. The highest BCUT2D eigenvalue weighted by atomic mass is 32.2. The molecule has 0 bridgehead atoms. The van der Waals surface area contributed by atoms with E-state index in [1.807, 2.05) is 37.3 Å². The summed E-state index contributed by atoms with van der Waals surface area (Å²) in [5.74, 6) is -0.430. The molecule has 0 heterocycles. The van der Waals surface area contributed by atoms with Gasteiger partial charge in [-0.05, 0) is 36.8 Å². The van der Waals surface area contributed by atoms with Gasteiger partial charge in [0.05, 0.1) is 10.8 Å². The smallest absolute Gasteiger partial charge is 0.242 e. The molecule has 0 aromatic heterocycles. The first-order valence-electron chi connectivity index (χ1n) is 7.21. The highest BCUT2D eigenvalue weighted by Crippen LogP contribution is 2.20. The Bertz CT molecular complexity index is 769. The van der Waals surface area contributed by atoms with Gasteiger partial charge in [0.15, 0.2) is 0 Å². The molecule has 1 atom stereocenters. The SMILES string of the molecule is CC(C(=O)Nc1ccc(S(=O)(=O)N(C)C)cc1)c1ccccc1. The van der Waals surface area contributed by atoms with Gasteiger partial charge in [-0.1, -0.05) is 30.3 Å². The minimum absolute atomic E-state index is 0.139. The topological polar surface area (TPSA) is 66.5 Å². The van der Waals surface area contributed by atoms with Crippen molar-refractivity contribution in [3.8, 4) is 0 Å². The number of carbonyl (C=O) groups is 1. The van der Waals surface area contributed by atoms with Crippen LogP contribution in [0.25, 0.3) is 0 Å². The standard InChI is InChI=1S/C17H20N2O3S/c1-13(14-7-5-4-6-8-14)17(20)18-15-9-11-16(12-10-15)23(21,22)19(2)3/h4-13H,1-3H3,(H,18,20). The second kappa shape index (κ2) is 6.93. The van der Waals surface area contributed by atoms with E-state index in [1.165, 1.54) is 26.2 Å². The third-order valence-corrected chi connectivity index (χ3v) is 5.42. The molecule has 23 heavy (non-hydrogen) atoms. The van der Waals surface area contributed by atoms with E-state index in [0.29, 0.717) is 5.69 Å². The summed E-state index contributed by atoms with van der Waals surface area (Å²) in [6.45, 7) is 1.83. The highest BCUT2D eigenvalue weighted by molar-refractivity contribution is 7.89. The van der Waals surface area contributed by atoms with Crippen molar-refractivity contribution in [2.45, 2.75) is 17.7 Å². The number of nitrogens with zero attached hydrogens (tertiary/aromatic N) is 1. The van der Waals surface area contributed by atoms with Gasteiger partial charge in [0.25, 0.3) is 0 Å². The van der Waals surface area contributed by atoms with Crippen LogP contribution < -0.4 is 5.32 Å². The lowest BCUT2D eigenvalue weighted by atomic mass is 10.0. The van der Waals surface area contributed by atoms with Crippen LogP contribution in [0.3, 0.4) is 0 Å². The van der Waals surface area contributed by atoms with Gasteiger partial charge in [0.1, 0.15) is 0 Å². The first-order valence-corrected chi connectivity index (χ1v) is 8.65. The second-order valence-electron chi connectivity index (χ2n) is 5.43. The average Bonchev–Trinajstić information content (AvgIpc) is 2.55. The predicted molar refractivity (Wildman–Crippen MR) is 90.8 cm³/mol. The molecule has 0 radical (unpaired) electrons. The van der Waals surface area contributed by atoms with E-state index >= 15 is 0 Å². The molecule has 0 saturated heterocycles. The van der Waals surface area contributed by atoms with E-state index in [2.05, 4.69) is 5.32 Å². The molecule has 6 heteroatoms. The molecule has 5 nitrogen and oxygen atoms in total. The van der Waals surface area contributed by atoms with Crippen LogP contribution in [0.15, 0.2) is 59.5 Å². The van der Waals surface area contributed by atoms with Crippen LogP contribution in [-0.4, -0.2) is 32.7 Å². The van der Waals surface area contributed by atoms with Gasteiger partial charge in [-0.3, -0.25) is 4.79 Å². The highest BCUT2D eigenvalue weighted by Gasteiger charge is 2.18. The molecule has 0 aliphatic carbocycles. The number of hydrogen-bond acceptors (Lipinski definition) is 3. The fraction of sp³-hybridized carbons (Fsp3) is 0.235. The summed E-state index contributed by atoms with van der Waals surface area (Å²) in [5, 5.41) is 2.80. The van der Waals surface area contributed by atoms with Gasteiger partial charge in [-0.25, -0.2) is 12.7 Å². The zero-order valence-corrected chi connectivity index (χ0v) is 14.2. The van der Waals surface area contributed by atoms with E-state index in [1.54, 1.807) is 12.1 Å². The number of benzene rings is 2. The van der Waals surface area contributed by atoms with Crippen molar-refractivity contribution in [1.29, 1.82) is 0 Å². The molecular formula is C17H20N2O3S. The van der Waals surface area contributed by atoms with Gasteiger partial charge in [0.2, 0.25) is 15.9 Å². The van der Waals surface area contributed by atoms with E-state index in [-0.39, 0.29) is 16.7 Å². The van der Waals surface area contributed by atoms with Gasteiger partial charge < -0.3 is 5.32 Å². The summed E-state index contributed by atoms with van der Waals surface area (Å²) in [6.07, 6.45) is 0. The lowest BCUT2D eigenvalue weighted by molar-refractivity contribution is -0.117. The van der Waals surface area contributed by atoms with Gasteiger partial charge in [-0.15, -0.1) is 0 Å². The Kier molecular flexibility index (Phi) is 5.18. The van der Waals surface area contributed by atoms with E-state index in [9.17, 15) is 13.2 Å². The molecule has 0 fully saturated rings. The molecule has 0 saturated carbocycles. The Morgan fingerprint density at radius 3 is 2.09 bits per heavy atom. The second-order valence-corrected chi connectivity index (χ2v) is 7.59. The van der Waals surface area contributed by atoms with E-state index < -0.39 is 10.0 Å². The molecule has 0 aliphatic rings. The Balaban J connectivity index is 2.11. The molecule has 1 unspecified atom stereocenters. The van der Waals surface area contributed by atoms with Crippen molar-refractivity contribution in [3.05, 3.63) is 60.2 Å². The van der Waals surface area contributed by atoms with Crippen LogP contribution in [0.2, 0.25) is 0 Å². The van der Waals surface area contributed by atoms with Gasteiger partial charge in [0, 0.05) is 19.8 Å². The van der Waals surface area contributed by atoms with Crippen LogP contribution >= 0.6 is 0 Å². The maximum atomic E-state index is 12.3. The lowest BCUT2D eigenvalue weighted by Crippen LogP contribution is -2.22. The van der Waals surface area contributed by atoms with Crippen LogP contribution in [0.4, 0.5) is 5.69 Å².